The second-order valence-corrected chi connectivity index (χ2v) is 8.26. The van der Waals surface area contributed by atoms with Gasteiger partial charge in [-0.1, -0.05) is 23.7 Å². The van der Waals surface area contributed by atoms with Crippen LogP contribution in [0.3, 0.4) is 0 Å². The van der Waals surface area contributed by atoms with E-state index < -0.39 is 28.4 Å². The number of nitro benzene ring substituents is 1. The molecule has 0 bridgehead atoms. The number of hydrogen-bond acceptors (Lipinski definition) is 7. The quantitative estimate of drug-likeness (QED) is 0.205. The summed E-state index contributed by atoms with van der Waals surface area (Å²) in [7, 11) is 5.22. The van der Waals surface area contributed by atoms with Crippen molar-refractivity contribution in [2.75, 3.05) is 34.3 Å². The third-order valence-corrected chi connectivity index (χ3v) is 5.66. The van der Waals surface area contributed by atoms with Crippen molar-refractivity contribution in [3.8, 4) is 5.75 Å². The van der Waals surface area contributed by atoms with Crippen molar-refractivity contribution in [1.82, 2.24) is 9.80 Å². The molecule has 2 aromatic rings. The van der Waals surface area contributed by atoms with Crippen LogP contribution in [0.5, 0.6) is 5.75 Å². The van der Waals surface area contributed by atoms with Gasteiger partial charge >= 0.3 is 0 Å². The van der Waals surface area contributed by atoms with Gasteiger partial charge < -0.3 is 19.6 Å². The van der Waals surface area contributed by atoms with E-state index >= 15 is 0 Å². The number of Topliss-reactive ketones (excluding diaryl/α,β-unsaturated/α-hetero) is 1. The molecule has 0 saturated carbocycles. The summed E-state index contributed by atoms with van der Waals surface area (Å²) in [4.78, 5) is 40.0. The number of carbonyl (C=O) groups is 2. The highest BCUT2D eigenvalue weighted by Crippen LogP contribution is 2.41. The van der Waals surface area contributed by atoms with Crippen LogP contribution in [-0.4, -0.2) is 65.8 Å². The first-order valence-corrected chi connectivity index (χ1v) is 10.5. The molecule has 1 aliphatic rings. The Labute approximate surface area is 196 Å². The highest BCUT2D eigenvalue weighted by molar-refractivity contribution is 6.46. The van der Waals surface area contributed by atoms with E-state index in [4.69, 9.17) is 16.3 Å². The molecule has 2 aromatic carbocycles. The maximum Gasteiger partial charge on any atom is 0.295 e. The van der Waals surface area contributed by atoms with Crippen LogP contribution in [0.4, 0.5) is 5.69 Å². The van der Waals surface area contributed by atoms with Crippen molar-refractivity contribution in [3.63, 3.8) is 0 Å². The average molecular weight is 474 g/mol. The summed E-state index contributed by atoms with van der Waals surface area (Å²) in [5.41, 5.74) is 0.252. The smallest absolute Gasteiger partial charge is 0.295 e. The first-order valence-electron chi connectivity index (χ1n) is 10.2. The number of non-ortho nitro benzene ring substituents is 1. The van der Waals surface area contributed by atoms with Crippen LogP contribution in [0.2, 0.25) is 5.02 Å². The normalized spacial score (nSPS) is 17.6. The molecule has 1 N–H and O–H groups in total. The lowest BCUT2D eigenvalue weighted by Gasteiger charge is -2.25. The van der Waals surface area contributed by atoms with Gasteiger partial charge in [-0.05, 0) is 50.8 Å². The molecule has 0 spiro atoms. The van der Waals surface area contributed by atoms with Gasteiger partial charge in [0, 0.05) is 24.2 Å². The minimum atomic E-state index is -0.979. The lowest BCUT2D eigenvalue weighted by atomic mass is 9.95. The Morgan fingerprint density at radius 1 is 1.24 bits per heavy atom. The zero-order valence-corrected chi connectivity index (χ0v) is 19.2. The van der Waals surface area contributed by atoms with Crippen molar-refractivity contribution < 1.29 is 24.4 Å². The number of likely N-dealkylation sites (tertiary alicyclic amines) is 1. The summed E-state index contributed by atoms with van der Waals surface area (Å²) in [6, 6.07) is 9.22. The third kappa shape index (κ3) is 4.99. The van der Waals surface area contributed by atoms with E-state index in [0.717, 1.165) is 0 Å². The highest BCUT2D eigenvalue weighted by Gasteiger charge is 2.46. The number of benzene rings is 2. The first kappa shape index (κ1) is 24.2. The van der Waals surface area contributed by atoms with Gasteiger partial charge in [0.1, 0.15) is 11.5 Å². The third-order valence-electron chi connectivity index (χ3n) is 5.37. The number of carbonyl (C=O) groups excluding carboxylic acids is 2. The van der Waals surface area contributed by atoms with E-state index in [1.807, 2.05) is 19.0 Å². The lowest BCUT2D eigenvalue weighted by Crippen LogP contribution is -2.32. The summed E-state index contributed by atoms with van der Waals surface area (Å²) in [5.74, 6) is -1.66. The Hall–Kier alpha value is -3.43. The van der Waals surface area contributed by atoms with Crippen LogP contribution in [0.1, 0.15) is 23.6 Å². The van der Waals surface area contributed by atoms with Crippen molar-refractivity contribution in [2.24, 2.45) is 0 Å². The fourth-order valence-electron chi connectivity index (χ4n) is 3.79. The number of rotatable bonds is 8. The molecule has 1 atom stereocenters. The number of ketones is 1. The Balaban J connectivity index is 2.15. The van der Waals surface area contributed by atoms with Crippen LogP contribution in [-0.2, 0) is 9.59 Å². The second-order valence-electron chi connectivity index (χ2n) is 7.85. The fraction of sp³-hybridized carbons (Fsp3) is 0.304. The maximum absolute atomic E-state index is 13.0. The van der Waals surface area contributed by atoms with Crippen molar-refractivity contribution >= 4 is 34.7 Å². The topological polar surface area (TPSA) is 113 Å². The van der Waals surface area contributed by atoms with Gasteiger partial charge in [0.15, 0.2) is 0 Å². The van der Waals surface area contributed by atoms with E-state index in [1.165, 1.54) is 48.4 Å². The molecule has 0 aliphatic carbocycles. The number of aliphatic hydroxyl groups is 1. The van der Waals surface area contributed by atoms with Gasteiger partial charge in [-0.25, -0.2) is 0 Å². The second kappa shape index (κ2) is 10.0. The zero-order chi connectivity index (χ0) is 24.3. The Morgan fingerprint density at radius 3 is 2.58 bits per heavy atom. The number of amides is 1. The minimum Gasteiger partial charge on any atom is -0.507 e. The van der Waals surface area contributed by atoms with Gasteiger partial charge in [-0.15, -0.1) is 0 Å². The first-order chi connectivity index (χ1) is 15.6. The summed E-state index contributed by atoms with van der Waals surface area (Å²) < 4.78 is 5.12. The van der Waals surface area contributed by atoms with Gasteiger partial charge in [0.05, 0.1) is 28.7 Å². The summed E-state index contributed by atoms with van der Waals surface area (Å²) in [5, 5.41) is 22.6. The molecule has 10 heteroatoms. The monoisotopic (exact) mass is 473 g/mol. The van der Waals surface area contributed by atoms with E-state index in [-0.39, 0.29) is 28.4 Å². The van der Waals surface area contributed by atoms with E-state index in [2.05, 4.69) is 0 Å². The summed E-state index contributed by atoms with van der Waals surface area (Å²) >= 11 is 6.18. The largest absolute Gasteiger partial charge is 0.507 e. The molecule has 33 heavy (non-hydrogen) atoms. The molecule has 0 aromatic heterocycles. The van der Waals surface area contributed by atoms with Gasteiger partial charge in [-0.2, -0.15) is 0 Å². The standard InChI is InChI=1S/C23H24ClN3O6/c1-25(2)10-5-11-26-20(14-6-4-7-16(12-14)27(31)32)19(22(29)23(26)30)21(28)15-8-9-18(33-3)17(24)13-15/h4,6-9,12-13,20,28H,5,10-11H2,1-3H3/b21-19-. The number of methoxy groups -OCH3 is 1. The molecule has 3 rings (SSSR count). The Kier molecular flexibility index (Phi) is 7.35. The predicted octanol–water partition coefficient (Wildman–Crippen LogP) is 3.63. The Morgan fingerprint density at radius 2 is 1.97 bits per heavy atom. The van der Waals surface area contributed by atoms with E-state index in [9.17, 15) is 24.8 Å². The van der Waals surface area contributed by atoms with Crippen LogP contribution < -0.4 is 4.74 Å². The summed E-state index contributed by atoms with van der Waals surface area (Å²) in [6.45, 7) is 0.898. The molecule has 1 fully saturated rings. The van der Waals surface area contributed by atoms with Gasteiger partial charge in [-0.3, -0.25) is 19.7 Å². The van der Waals surface area contributed by atoms with Crippen molar-refractivity contribution in [2.45, 2.75) is 12.5 Å². The SMILES string of the molecule is COc1ccc(/C(O)=C2/C(=O)C(=O)N(CCCN(C)C)C2c2cccc([N+](=O)[O-])c2)cc1Cl. The molecular weight excluding hydrogens is 450 g/mol. The van der Waals surface area contributed by atoms with Crippen molar-refractivity contribution in [1.29, 1.82) is 0 Å². The Bertz CT molecular complexity index is 1130. The van der Waals surface area contributed by atoms with Gasteiger partial charge in [0.2, 0.25) is 0 Å². The lowest BCUT2D eigenvalue weighted by molar-refractivity contribution is -0.384. The molecule has 1 saturated heterocycles. The van der Waals surface area contributed by atoms with Gasteiger partial charge in [0.25, 0.3) is 17.4 Å². The van der Waals surface area contributed by atoms with E-state index in [1.54, 1.807) is 6.07 Å². The number of hydrogen-bond donors (Lipinski definition) is 1. The number of aliphatic hydroxyl groups excluding tert-OH is 1. The maximum atomic E-state index is 13.0. The molecule has 1 amide bonds. The molecule has 1 aliphatic heterocycles. The number of nitrogens with zero attached hydrogens (tertiary/aromatic N) is 3. The number of nitro groups is 1. The van der Waals surface area contributed by atoms with Crippen LogP contribution in [0, 0.1) is 10.1 Å². The minimum absolute atomic E-state index is 0.147. The molecule has 0 radical (unpaired) electrons. The average Bonchev–Trinajstić information content (AvgIpc) is 3.03. The molecule has 1 heterocycles. The van der Waals surface area contributed by atoms with Crippen LogP contribution in [0.15, 0.2) is 48.0 Å². The highest BCUT2D eigenvalue weighted by atomic mass is 35.5. The zero-order valence-electron chi connectivity index (χ0n) is 18.4. The van der Waals surface area contributed by atoms with E-state index in [0.29, 0.717) is 24.3 Å². The van der Waals surface area contributed by atoms with Crippen LogP contribution >= 0.6 is 11.6 Å². The number of ether oxygens (including phenoxy) is 1. The number of halogens is 1. The van der Waals surface area contributed by atoms with Crippen molar-refractivity contribution in [3.05, 3.63) is 74.3 Å². The molecule has 1 unspecified atom stereocenters. The van der Waals surface area contributed by atoms with Crippen LogP contribution in [0.25, 0.3) is 5.76 Å². The molecule has 9 nitrogen and oxygen atoms in total. The molecule has 174 valence electrons. The predicted molar refractivity (Wildman–Crippen MR) is 123 cm³/mol. The molecular formula is C23H24ClN3O6. The summed E-state index contributed by atoms with van der Waals surface area (Å²) in [6.07, 6.45) is 0.569. The fourth-order valence-corrected chi connectivity index (χ4v) is 4.05.